The first kappa shape index (κ1) is 28.0. The number of rotatable bonds is 11. The number of hydrogen-bond acceptors (Lipinski definition) is 7. The maximum atomic E-state index is 14.2. The molecule has 1 aromatic carbocycles. The number of ether oxygens (including phenoxy) is 2. The molecule has 4 aliphatic rings. The van der Waals surface area contributed by atoms with Gasteiger partial charge in [0, 0.05) is 32.7 Å². The number of carbonyl (C=O) groups excluding carboxylic acids is 3. The largest absolute Gasteiger partial charge is 0.394 e. The van der Waals surface area contributed by atoms with Crippen molar-refractivity contribution in [3.05, 3.63) is 35.9 Å². The van der Waals surface area contributed by atoms with Gasteiger partial charge in [-0.25, -0.2) is 0 Å². The zero-order valence-electron chi connectivity index (χ0n) is 23.0. The third-order valence-corrected chi connectivity index (χ3v) is 9.27. The van der Waals surface area contributed by atoms with E-state index < -0.39 is 35.6 Å². The molecule has 0 saturated carbocycles. The Morgan fingerprint density at radius 3 is 2.59 bits per heavy atom. The number of hydrogen-bond donors (Lipinski definition) is 3. The molecule has 0 radical (unpaired) electrons. The first-order chi connectivity index (χ1) is 18.9. The summed E-state index contributed by atoms with van der Waals surface area (Å²) in [5.74, 6) is -2.20. The van der Waals surface area contributed by atoms with Crippen LogP contribution in [0.5, 0.6) is 0 Å². The summed E-state index contributed by atoms with van der Waals surface area (Å²) in [7, 11) is 0. The molecule has 4 fully saturated rings. The minimum absolute atomic E-state index is 0.0274. The van der Waals surface area contributed by atoms with E-state index in [9.17, 15) is 19.5 Å². The van der Waals surface area contributed by atoms with Gasteiger partial charge in [-0.1, -0.05) is 50.6 Å². The molecule has 2 bridgehead atoms. The van der Waals surface area contributed by atoms with Crippen LogP contribution >= 0.6 is 0 Å². The molecule has 10 heteroatoms. The van der Waals surface area contributed by atoms with Crippen molar-refractivity contribution in [2.45, 2.75) is 63.4 Å². The van der Waals surface area contributed by atoms with Gasteiger partial charge in [0.1, 0.15) is 11.6 Å². The summed E-state index contributed by atoms with van der Waals surface area (Å²) in [5.41, 5.74) is -0.0980. The zero-order chi connectivity index (χ0) is 27.6. The lowest BCUT2D eigenvalue weighted by Gasteiger charge is -2.39. The summed E-state index contributed by atoms with van der Waals surface area (Å²) in [6, 6.07) is 8.22. The minimum atomic E-state index is -1.07. The Balaban J connectivity index is 1.38. The highest BCUT2D eigenvalue weighted by molar-refractivity contribution is 5.99. The Morgan fingerprint density at radius 1 is 1.15 bits per heavy atom. The summed E-state index contributed by atoms with van der Waals surface area (Å²) in [6.45, 7) is 8.22. The summed E-state index contributed by atoms with van der Waals surface area (Å²) in [6.07, 6.45) is 1.48. The lowest BCUT2D eigenvalue weighted by Crippen LogP contribution is -2.59. The number of nitrogens with one attached hydrogen (secondary N) is 2. The second kappa shape index (κ2) is 11.9. The van der Waals surface area contributed by atoms with Crippen molar-refractivity contribution < 1.29 is 29.0 Å². The standard InChI is InChI=1S/C29H42N4O6/c1-3-19(2)21(18-34)33-25(27(36)30-11-12-32-13-15-38-16-14-32)29-10-9-22(39-29)23(24(29)28(33)37)26(35)31-17-20-7-5-4-6-8-20/h4-8,19,21-25,34H,3,9-18H2,1-2H3,(H,30,36)(H,31,35)/t19-,21-,22+,23-,24-,25?,29?/m0/s1. The van der Waals surface area contributed by atoms with Crippen molar-refractivity contribution in [2.75, 3.05) is 46.0 Å². The first-order valence-corrected chi connectivity index (χ1v) is 14.4. The summed E-state index contributed by atoms with van der Waals surface area (Å²) in [5, 5.41) is 16.5. The molecular formula is C29H42N4O6. The molecule has 1 aromatic rings. The van der Waals surface area contributed by atoms with E-state index in [0.717, 1.165) is 25.1 Å². The van der Waals surface area contributed by atoms with Crippen LogP contribution in [0.4, 0.5) is 0 Å². The summed E-state index contributed by atoms with van der Waals surface area (Å²) < 4.78 is 11.9. The molecule has 1 spiro atoms. The van der Waals surface area contributed by atoms with Gasteiger partial charge in [-0.3, -0.25) is 19.3 Å². The third kappa shape index (κ3) is 5.19. The third-order valence-electron chi connectivity index (χ3n) is 9.27. The van der Waals surface area contributed by atoms with E-state index >= 15 is 0 Å². The topological polar surface area (TPSA) is 120 Å². The molecule has 214 valence electrons. The summed E-state index contributed by atoms with van der Waals surface area (Å²) in [4.78, 5) is 45.4. The second-order valence-corrected chi connectivity index (χ2v) is 11.4. The van der Waals surface area contributed by atoms with Gasteiger partial charge in [-0.2, -0.15) is 0 Å². The number of fused-ring (bicyclic) bond motifs is 1. The zero-order valence-corrected chi connectivity index (χ0v) is 23.0. The van der Waals surface area contributed by atoms with E-state index in [1.165, 1.54) is 0 Å². The highest BCUT2D eigenvalue weighted by Gasteiger charge is 2.75. The maximum Gasteiger partial charge on any atom is 0.245 e. The fourth-order valence-corrected chi connectivity index (χ4v) is 7.02. The Hall–Kier alpha value is -2.53. The maximum absolute atomic E-state index is 14.2. The fraction of sp³-hybridized carbons (Fsp3) is 0.690. The van der Waals surface area contributed by atoms with Crippen molar-refractivity contribution in [3.8, 4) is 0 Å². The van der Waals surface area contributed by atoms with Crippen LogP contribution in [0, 0.1) is 17.8 Å². The van der Waals surface area contributed by atoms with Gasteiger partial charge in [-0.15, -0.1) is 0 Å². The number of carbonyl (C=O) groups is 3. The monoisotopic (exact) mass is 542 g/mol. The quantitative estimate of drug-likeness (QED) is 0.373. The SMILES string of the molecule is CC[C@H](C)[C@H](CO)N1C(=O)[C@@H]2[C@@H](C(=O)NCc3ccccc3)[C@H]3CCC2(O3)C1C(=O)NCCN1CCOCC1. The molecular weight excluding hydrogens is 500 g/mol. The number of nitrogens with zero attached hydrogens (tertiary/aromatic N) is 2. The Morgan fingerprint density at radius 2 is 1.90 bits per heavy atom. The fourth-order valence-electron chi connectivity index (χ4n) is 7.02. The van der Waals surface area contributed by atoms with E-state index in [-0.39, 0.29) is 30.2 Å². The highest BCUT2D eigenvalue weighted by atomic mass is 16.5. The molecule has 7 atom stereocenters. The van der Waals surface area contributed by atoms with Crippen LogP contribution in [0.25, 0.3) is 0 Å². The highest BCUT2D eigenvalue weighted by Crippen LogP contribution is 2.59. The number of aliphatic hydroxyl groups is 1. The van der Waals surface area contributed by atoms with Crippen LogP contribution in [0.15, 0.2) is 30.3 Å². The van der Waals surface area contributed by atoms with Gasteiger partial charge < -0.3 is 30.1 Å². The van der Waals surface area contributed by atoms with Gasteiger partial charge in [0.2, 0.25) is 17.7 Å². The van der Waals surface area contributed by atoms with Crippen molar-refractivity contribution >= 4 is 17.7 Å². The molecule has 39 heavy (non-hydrogen) atoms. The van der Waals surface area contributed by atoms with Crippen LogP contribution in [0.2, 0.25) is 0 Å². The second-order valence-electron chi connectivity index (χ2n) is 11.4. The molecule has 4 aliphatic heterocycles. The van der Waals surface area contributed by atoms with E-state index in [1.54, 1.807) is 4.90 Å². The molecule has 10 nitrogen and oxygen atoms in total. The first-order valence-electron chi connectivity index (χ1n) is 14.4. The molecule has 2 unspecified atom stereocenters. The smallest absolute Gasteiger partial charge is 0.245 e. The molecule has 3 amide bonds. The van der Waals surface area contributed by atoms with Crippen LogP contribution < -0.4 is 10.6 Å². The van der Waals surface area contributed by atoms with Crippen molar-refractivity contribution in [3.63, 3.8) is 0 Å². The molecule has 4 heterocycles. The predicted octanol–water partition coefficient (Wildman–Crippen LogP) is 0.533. The van der Waals surface area contributed by atoms with E-state index in [0.29, 0.717) is 45.7 Å². The summed E-state index contributed by atoms with van der Waals surface area (Å²) >= 11 is 0. The number of morpholine rings is 1. The number of aliphatic hydroxyl groups excluding tert-OH is 1. The number of benzene rings is 1. The average Bonchev–Trinajstić information content (AvgIpc) is 3.61. The van der Waals surface area contributed by atoms with E-state index in [4.69, 9.17) is 9.47 Å². The minimum Gasteiger partial charge on any atom is -0.394 e. The van der Waals surface area contributed by atoms with Crippen molar-refractivity contribution in [1.29, 1.82) is 0 Å². The molecule has 4 saturated heterocycles. The van der Waals surface area contributed by atoms with Gasteiger partial charge in [-0.05, 0) is 24.3 Å². The molecule has 5 rings (SSSR count). The number of amides is 3. The van der Waals surface area contributed by atoms with Crippen LogP contribution in [0.3, 0.4) is 0 Å². The molecule has 0 aliphatic carbocycles. The van der Waals surface area contributed by atoms with Crippen molar-refractivity contribution in [2.24, 2.45) is 17.8 Å². The normalized spacial score (nSPS) is 31.7. The Labute approximate surface area is 230 Å². The molecule has 0 aromatic heterocycles. The van der Waals surface area contributed by atoms with Crippen LogP contribution in [-0.4, -0.2) is 102 Å². The lowest BCUT2D eigenvalue weighted by molar-refractivity contribution is -0.147. The lowest BCUT2D eigenvalue weighted by atomic mass is 9.70. The Kier molecular flexibility index (Phi) is 8.56. The number of likely N-dealkylation sites (tertiary alicyclic amines) is 1. The van der Waals surface area contributed by atoms with Gasteiger partial charge >= 0.3 is 0 Å². The van der Waals surface area contributed by atoms with Gasteiger partial charge in [0.05, 0.1) is 43.8 Å². The molecule has 3 N–H and O–H groups in total. The average molecular weight is 543 g/mol. The van der Waals surface area contributed by atoms with Gasteiger partial charge in [0.25, 0.3) is 0 Å². The van der Waals surface area contributed by atoms with Crippen LogP contribution in [-0.2, 0) is 30.4 Å². The Bertz CT molecular complexity index is 1030. The van der Waals surface area contributed by atoms with E-state index in [2.05, 4.69) is 15.5 Å². The van der Waals surface area contributed by atoms with Gasteiger partial charge in [0.15, 0.2) is 0 Å². The van der Waals surface area contributed by atoms with E-state index in [1.807, 2.05) is 44.2 Å². The van der Waals surface area contributed by atoms with Crippen LogP contribution in [0.1, 0.15) is 38.7 Å². The van der Waals surface area contributed by atoms with Crippen molar-refractivity contribution in [1.82, 2.24) is 20.4 Å². The predicted molar refractivity (Wildman–Crippen MR) is 143 cm³/mol.